The zero-order valence-corrected chi connectivity index (χ0v) is 12.6. The van der Waals surface area contributed by atoms with Crippen molar-refractivity contribution < 1.29 is 14.3 Å². The summed E-state index contributed by atoms with van der Waals surface area (Å²) in [6.07, 6.45) is 3.46. The van der Waals surface area contributed by atoms with Crippen molar-refractivity contribution in [2.45, 2.75) is 13.3 Å². The highest BCUT2D eigenvalue weighted by Crippen LogP contribution is 2.17. The summed E-state index contributed by atoms with van der Waals surface area (Å²) >= 11 is 0. The molecule has 0 saturated heterocycles. The zero-order valence-electron chi connectivity index (χ0n) is 12.6. The van der Waals surface area contributed by atoms with Crippen molar-refractivity contribution in [1.29, 1.82) is 0 Å². The zero-order chi connectivity index (χ0) is 16.4. The van der Waals surface area contributed by atoms with E-state index in [1.165, 1.54) is 6.92 Å². The number of fused-ring (bicyclic) bond motifs is 1. The first-order valence-electron chi connectivity index (χ1n) is 7.22. The highest BCUT2D eigenvalue weighted by molar-refractivity contribution is 5.95. The number of carbonyl (C=O) groups is 1. The lowest BCUT2D eigenvalue weighted by Gasteiger charge is -2.06. The van der Waals surface area contributed by atoms with E-state index in [1.807, 2.05) is 30.5 Å². The molecule has 118 valence electrons. The Morgan fingerprint density at radius 1 is 1.35 bits per heavy atom. The topological polar surface area (TPSA) is 95.3 Å². The Kier molecular flexibility index (Phi) is 3.89. The van der Waals surface area contributed by atoms with Gasteiger partial charge < -0.3 is 19.8 Å². The normalized spacial score (nSPS) is 10.8. The molecule has 0 aliphatic rings. The summed E-state index contributed by atoms with van der Waals surface area (Å²) in [5, 5.41) is 13.2. The number of para-hydroxylation sites is 1. The second-order valence-corrected chi connectivity index (χ2v) is 5.25. The van der Waals surface area contributed by atoms with Crippen molar-refractivity contribution >= 4 is 16.8 Å². The molecule has 1 amide bonds. The summed E-state index contributed by atoms with van der Waals surface area (Å²) in [5.41, 5.74) is 1.24. The molecule has 2 aromatic heterocycles. The Labute approximate surface area is 131 Å². The summed E-state index contributed by atoms with van der Waals surface area (Å²) in [6.45, 7) is 1.88. The fraction of sp³-hybridized carbons (Fsp3) is 0.176. The Hall–Kier alpha value is -3.02. The molecule has 2 heterocycles. The number of carbonyl (C=O) groups excluding carboxylic acids is 1. The van der Waals surface area contributed by atoms with Gasteiger partial charge in [-0.1, -0.05) is 18.2 Å². The van der Waals surface area contributed by atoms with Gasteiger partial charge in [0.05, 0.1) is 0 Å². The average Bonchev–Trinajstić information content (AvgIpc) is 2.95. The number of aryl methyl sites for hydroxylation is 1. The van der Waals surface area contributed by atoms with E-state index in [0.29, 0.717) is 13.0 Å². The Morgan fingerprint density at radius 2 is 2.13 bits per heavy atom. The van der Waals surface area contributed by atoms with E-state index in [0.717, 1.165) is 22.7 Å². The lowest BCUT2D eigenvalue weighted by Crippen LogP contribution is -2.31. The molecular weight excluding hydrogens is 296 g/mol. The first-order valence-corrected chi connectivity index (χ1v) is 7.22. The molecule has 0 radical (unpaired) electrons. The highest BCUT2D eigenvalue weighted by atomic mass is 16.4. The third-order valence-electron chi connectivity index (χ3n) is 3.74. The molecule has 3 aromatic rings. The van der Waals surface area contributed by atoms with Gasteiger partial charge in [0.2, 0.25) is 5.43 Å². The summed E-state index contributed by atoms with van der Waals surface area (Å²) in [7, 11) is 0. The van der Waals surface area contributed by atoms with Crippen LogP contribution in [0.25, 0.3) is 10.9 Å². The van der Waals surface area contributed by atoms with Crippen LogP contribution in [0.5, 0.6) is 5.75 Å². The second kappa shape index (κ2) is 6.00. The van der Waals surface area contributed by atoms with E-state index in [2.05, 4.69) is 10.3 Å². The molecule has 6 heteroatoms. The number of benzene rings is 1. The Morgan fingerprint density at radius 3 is 2.96 bits per heavy atom. The quantitative estimate of drug-likeness (QED) is 0.687. The summed E-state index contributed by atoms with van der Waals surface area (Å²) in [4.78, 5) is 27.1. The minimum absolute atomic E-state index is 0.163. The summed E-state index contributed by atoms with van der Waals surface area (Å²) in [6, 6.07) is 7.91. The van der Waals surface area contributed by atoms with Crippen molar-refractivity contribution in [2.24, 2.45) is 0 Å². The molecule has 0 aliphatic carbocycles. The molecule has 0 fully saturated rings. The fourth-order valence-corrected chi connectivity index (χ4v) is 2.55. The lowest BCUT2D eigenvalue weighted by atomic mass is 10.1. The Bertz CT molecular complexity index is 924. The lowest BCUT2D eigenvalue weighted by molar-refractivity contribution is 0.0949. The van der Waals surface area contributed by atoms with Crippen LogP contribution in [0.15, 0.2) is 45.9 Å². The predicted molar refractivity (Wildman–Crippen MR) is 85.7 cm³/mol. The van der Waals surface area contributed by atoms with Gasteiger partial charge in [-0.05, 0) is 25.0 Å². The van der Waals surface area contributed by atoms with Gasteiger partial charge in [-0.2, -0.15) is 0 Å². The van der Waals surface area contributed by atoms with Crippen LogP contribution in [0.1, 0.15) is 21.7 Å². The van der Waals surface area contributed by atoms with Crippen LogP contribution in [0, 0.1) is 6.92 Å². The SMILES string of the molecule is Cc1occ(O)c(=O)c1C(=O)NCCc1c[nH]c2ccccc12. The largest absolute Gasteiger partial charge is 0.502 e. The number of H-pyrrole nitrogens is 1. The van der Waals surface area contributed by atoms with Crippen LogP contribution >= 0.6 is 0 Å². The van der Waals surface area contributed by atoms with E-state index >= 15 is 0 Å². The van der Waals surface area contributed by atoms with Gasteiger partial charge in [0.15, 0.2) is 5.75 Å². The standard InChI is InChI=1S/C17H16N2O4/c1-10-15(16(21)14(20)9-23-10)17(22)18-7-6-11-8-19-13-5-3-2-4-12(11)13/h2-5,8-9,19-20H,6-7H2,1H3,(H,18,22). The van der Waals surface area contributed by atoms with Gasteiger partial charge >= 0.3 is 0 Å². The molecule has 1 aromatic carbocycles. The van der Waals surface area contributed by atoms with Crippen molar-refractivity contribution in [3.63, 3.8) is 0 Å². The molecular formula is C17H16N2O4. The first kappa shape index (κ1) is 14.9. The van der Waals surface area contributed by atoms with Crippen molar-refractivity contribution in [1.82, 2.24) is 10.3 Å². The van der Waals surface area contributed by atoms with Gasteiger partial charge in [-0.3, -0.25) is 9.59 Å². The van der Waals surface area contributed by atoms with Gasteiger partial charge in [0, 0.05) is 23.6 Å². The molecule has 23 heavy (non-hydrogen) atoms. The number of aromatic amines is 1. The molecule has 0 spiro atoms. The van der Waals surface area contributed by atoms with Crippen molar-refractivity contribution in [2.75, 3.05) is 6.54 Å². The summed E-state index contributed by atoms with van der Waals surface area (Å²) < 4.78 is 4.99. The van der Waals surface area contributed by atoms with Gasteiger partial charge in [-0.15, -0.1) is 0 Å². The number of rotatable bonds is 4. The van der Waals surface area contributed by atoms with Crippen LogP contribution in [0.4, 0.5) is 0 Å². The van der Waals surface area contributed by atoms with Gasteiger partial charge in [-0.25, -0.2) is 0 Å². The molecule has 6 nitrogen and oxygen atoms in total. The number of hydrogen-bond acceptors (Lipinski definition) is 4. The van der Waals surface area contributed by atoms with Crippen LogP contribution in [-0.2, 0) is 6.42 Å². The number of aromatic nitrogens is 1. The van der Waals surface area contributed by atoms with Crippen molar-refractivity contribution in [3.05, 3.63) is 63.8 Å². The number of nitrogens with one attached hydrogen (secondary N) is 2. The Balaban J connectivity index is 1.71. The van der Waals surface area contributed by atoms with Gasteiger partial charge in [0.1, 0.15) is 17.6 Å². The van der Waals surface area contributed by atoms with Gasteiger partial charge in [0.25, 0.3) is 5.91 Å². The third kappa shape index (κ3) is 2.83. The molecule has 0 saturated carbocycles. The molecule has 0 bridgehead atoms. The molecule has 0 unspecified atom stereocenters. The van der Waals surface area contributed by atoms with Crippen LogP contribution < -0.4 is 10.7 Å². The van der Waals surface area contributed by atoms with Crippen molar-refractivity contribution in [3.8, 4) is 5.75 Å². The van der Waals surface area contributed by atoms with E-state index in [1.54, 1.807) is 0 Å². The number of amides is 1. The third-order valence-corrected chi connectivity index (χ3v) is 3.74. The maximum Gasteiger partial charge on any atom is 0.258 e. The van der Waals surface area contributed by atoms with E-state index < -0.39 is 17.1 Å². The summed E-state index contributed by atoms with van der Waals surface area (Å²) in [5.74, 6) is -0.943. The maximum absolute atomic E-state index is 12.1. The van der Waals surface area contributed by atoms with Crippen LogP contribution in [0.3, 0.4) is 0 Å². The number of hydrogen-bond donors (Lipinski definition) is 3. The minimum atomic E-state index is -0.724. The molecule has 0 atom stereocenters. The monoisotopic (exact) mass is 312 g/mol. The van der Waals surface area contributed by atoms with E-state index in [4.69, 9.17) is 4.42 Å². The molecule has 3 N–H and O–H groups in total. The van der Waals surface area contributed by atoms with Crippen LogP contribution in [0.2, 0.25) is 0 Å². The first-order chi connectivity index (χ1) is 11.1. The minimum Gasteiger partial charge on any atom is -0.502 e. The smallest absolute Gasteiger partial charge is 0.258 e. The van der Waals surface area contributed by atoms with Crippen LogP contribution in [-0.4, -0.2) is 22.5 Å². The second-order valence-electron chi connectivity index (χ2n) is 5.25. The predicted octanol–water partition coefficient (Wildman–Crippen LogP) is 2.11. The highest BCUT2D eigenvalue weighted by Gasteiger charge is 2.17. The molecule has 3 rings (SSSR count). The molecule has 0 aliphatic heterocycles. The van der Waals surface area contributed by atoms with E-state index in [-0.39, 0.29) is 11.3 Å². The average molecular weight is 312 g/mol. The maximum atomic E-state index is 12.1. The number of aromatic hydroxyl groups is 1. The van der Waals surface area contributed by atoms with E-state index in [9.17, 15) is 14.7 Å². The fourth-order valence-electron chi connectivity index (χ4n) is 2.55.